The number of hydrogen-bond donors (Lipinski definition) is 1. The molecular formula is C27H32N2O4S. The van der Waals surface area contributed by atoms with E-state index in [1.54, 1.807) is 30.3 Å². The van der Waals surface area contributed by atoms with E-state index in [9.17, 15) is 13.5 Å². The maximum absolute atomic E-state index is 13.4. The van der Waals surface area contributed by atoms with Crippen LogP contribution >= 0.6 is 0 Å². The molecule has 0 bridgehead atoms. The largest absolute Gasteiger partial charge is 0.508 e. The monoisotopic (exact) mass is 480 g/mol. The molecule has 34 heavy (non-hydrogen) atoms. The van der Waals surface area contributed by atoms with Gasteiger partial charge >= 0.3 is 0 Å². The molecule has 0 aromatic heterocycles. The lowest BCUT2D eigenvalue weighted by molar-refractivity contribution is 0.238. The number of likely N-dealkylation sites (tertiary alicyclic amines) is 1. The first kappa shape index (κ1) is 24.1. The van der Waals surface area contributed by atoms with Gasteiger partial charge in [-0.05, 0) is 79.9 Å². The Balaban J connectivity index is 1.48. The van der Waals surface area contributed by atoms with Gasteiger partial charge in [0.05, 0.1) is 18.0 Å². The fourth-order valence-electron chi connectivity index (χ4n) is 4.18. The molecule has 0 spiro atoms. The van der Waals surface area contributed by atoms with Crippen LogP contribution < -0.4 is 9.04 Å². The molecule has 1 heterocycles. The first-order valence-corrected chi connectivity index (χ1v) is 13.4. The van der Waals surface area contributed by atoms with Crippen molar-refractivity contribution in [2.75, 3.05) is 36.3 Å². The van der Waals surface area contributed by atoms with Gasteiger partial charge < -0.3 is 9.84 Å². The van der Waals surface area contributed by atoms with Gasteiger partial charge in [0.25, 0.3) is 0 Å². The number of phenolic OH excluding ortho intramolecular Hbond substituents is 1. The predicted molar refractivity (Wildman–Crippen MR) is 136 cm³/mol. The van der Waals surface area contributed by atoms with Gasteiger partial charge in [-0.3, -0.25) is 9.21 Å². The number of phenols is 1. The average Bonchev–Trinajstić information content (AvgIpc) is 3.36. The number of ether oxygens (including phenoxy) is 1. The Hall–Kier alpha value is -3.03. The summed E-state index contributed by atoms with van der Waals surface area (Å²) in [5.74, 6) is 0.826. The van der Waals surface area contributed by atoms with Gasteiger partial charge in [0.1, 0.15) is 18.1 Å². The zero-order valence-electron chi connectivity index (χ0n) is 19.3. The Bertz CT molecular complexity index is 1140. The summed E-state index contributed by atoms with van der Waals surface area (Å²) in [7, 11) is -3.62. The van der Waals surface area contributed by atoms with E-state index in [2.05, 4.69) is 4.90 Å². The Morgan fingerprint density at radius 2 is 1.59 bits per heavy atom. The maximum atomic E-state index is 13.4. The summed E-state index contributed by atoms with van der Waals surface area (Å²) in [6, 6.07) is 23.5. The minimum absolute atomic E-state index is 0.0100. The Morgan fingerprint density at radius 1 is 0.882 bits per heavy atom. The van der Waals surface area contributed by atoms with Crippen LogP contribution in [0, 0.1) is 0 Å². The lowest BCUT2D eigenvalue weighted by atomic mass is 10.2. The molecule has 1 fully saturated rings. The van der Waals surface area contributed by atoms with Crippen LogP contribution in [-0.4, -0.2) is 50.4 Å². The van der Waals surface area contributed by atoms with Crippen LogP contribution in [0.3, 0.4) is 0 Å². The quantitative estimate of drug-likeness (QED) is 0.439. The number of rotatable bonds is 11. The van der Waals surface area contributed by atoms with Crippen molar-refractivity contribution in [2.24, 2.45) is 0 Å². The van der Waals surface area contributed by atoms with Gasteiger partial charge in [-0.2, -0.15) is 0 Å². The van der Waals surface area contributed by atoms with E-state index in [0.717, 1.165) is 30.9 Å². The van der Waals surface area contributed by atoms with Crippen LogP contribution in [0.25, 0.3) is 0 Å². The first-order valence-electron chi connectivity index (χ1n) is 11.8. The molecule has 180 valence electrons. The third kappa shape index (κ3) is 6.74. The maximum Gasteiger partial charge on any atom is 0.235 e. The normalized spacial score (nSPS) is 14.2. The molecule has 0 atom stereocenters. The zero-order valence-corrected chi connectivity index (χ0v) is 20.2. The summed E-state index contributed by atoms with van der Waals surface area (Å²) >= 11 is 0. The number of benzene rings is 3. The fraction of sp³-hybridized carbons (Fsp3) is 0.333. The highest BCUT2D eigenvalue weighted by Gasteiger charge is 2.23. The van der Waals surface area contributed by atoms with Crippen LogP contribution in [0.4, 0.5) is 5.69 Å². The molecule has 7 heteroatoms. The molecule has 1 N–H and O–H groups in total. The van der Waals surface area contributed by atoms with E-state index >= 15 is 0 Å². The van der Waals surface area contributed by atoms with E-state index in [-0.39, 0.29) is 18.0 Å². The van der Waals surface area contributed by atoms with Crippen molar-refractivity contribution >= 4 is 15.7 Å². The molecule has 1 aliphatic heterocycles. The molecule has 0 aliphatic carbocycles. The second-order valence-corrected chi connectivity index (χ2v) is 10.6. The summed E-state index contributed by atoms with van der Waals surface area (Å²) < 4.78 is 34.1. The van der Waals surface area contributed by atoms with E-state index in [4.69, 9.17) is 4.74 Å². The highest BCUT2D eigenvalue weighted by Crippen LogP contribution is 2.26. The minimum atomic E-state index is -3.62. The highest BCUT2D eigenvalue weighted by molar-refractivity contribution is 7.92. The van der Waals surface area contributed by atoms with Crippen molar-refractivity contribution in [3.05, 3.63) is 90.0 Å². The SMILES string of the molecule is O=S(=O)(CCc1ccccc1)N(Cc1cccc(O)c1)c1ccc(OCCN2CCCC2)cc1. The van der Waals surface area contributed by atoms with Crippen molar-refractivity contribution < 1.29 is 18.3 Å². The van der Waals surface area contributed by atoms with E-state index in [1.165, 1.54) is 17.1 Å². The van der Waals surface area contributed by atoms with E-state index in [1.807, 2.05) is 48.5 Å². The third-order valence-electron chi connectivity index (χ3n) is 6.06. The Labute approximate surface area is 202 Å². The van der Waals surface area contributed by atoms with E-state index in [0.29, 0.717) is 24.3 Å². The van der Waals surface area contributed by atoms with Crippen molar-refractivity contribution in [3.8, 4) is 11.5 Å². The topological polar surface area (TPSA) is 70.1 Å². The average molecular weight is 481 g/mol. The number of hydrogen-bond acceptors (Lipinski definition) is 5. The van der Waals surface area contributed by atoms with Crippen molar-refractivity contribution in [1.82, 2.24) is 4.90 Å². The summed E-state index contributed by atoms with van der Waals surface area (Å²) in [5, 5.41) is 9.86. The van der Waals surface area contributed by atoms with Gasteiger partial charge in [0, 0.05) is 6.54 Å². The molecule has 0 unspecified atom stereocenters. The summed E-state index contributed by atoms with van der Waals surface area (Å²) in [4.78, 5) is 2.39. The second kappa shape index (κ2) is 11.4. The molecule has 0 saturated carbocycles. The van der Waals surface area contributed by atoms with Gasteiger partial charge in [0.2, 0.25) is 10.0 Å². The molecule has 3 aromatic carbocycles. The predicted octanol–water partition coefficient (Wildman–Crippen LogP) is 4.45. The number of aromatic hydroxyl groups is 1. The van der Waals surface area contributed by atoms with Gasteiger partial charge in [-0.1, -0.05) is 42.5 Å². The lowest BCUT2D eigenvalue weighted by Crippen LogP contribution is -2.33. The number of aryl methyl sites for hydroxylation is 1. The lowest BCUT2D eigenvalue weighted by Gasteiger charge is -2.25. The van der Waals surface area contributed by atoms with Gasteiger partial charge in [-0.15, -0.1) is 0 Å². The Morgan fingerprint density at radius 3 is 2.29 bits per heavy atom. The number of anilines is 1. The second-order valence-electron chi connectivity index (χ2n) is 8.62. The number of sulfonamides is 1. The Kier molecular flexibility index (Phi) is 8.08. The number of nitrogens with zero attached hydrogens (tertiary/aromatic N) is 2. The van der Waals surface area contributed by atoms with Gasteiger partial charge in [-0.25, -0.2) is 8.42 Å². The smallest absolute Gasteiger partial charge is 0.235 e. The zero-order chi connectivity index (χ0) is 23.8. The van der Waals surface area contributed by atoms with E-state index < -0.39 is 10.0 Å². The standard InChI is InChI=1S/C27H32N2O4S/c30-26-10-6-9-24(21-26)22-29(34(31,32)20-15-23-7-2-1-3-8-23)25-11-13-27(14-12-25)33-19-18-28-16-4-5-17-28/h1-3,6-14,21,30H,4-5,15-20,22H2. The molecule has 0 amide bonds. The van der Waals surface area contributed by atoms with Crippen LogP contribution in [0.1, 0.15) is 24.0 Å². The van der Waals surface area contributed by atoms with Crippen LogP contribution in [0.5, 0.6) is 11.5 Å². The highest BCUT2D eigenvalue weighted by atomic mass is 32.2. The van der Waals surface area contributed by atoms with Crippen molar-refractivity contribution in [3.63, 3.8) is 0 Å². The van der Waals surface area contributed by atoms with Crippen molar-refractivity contribution in [2.45, 2.75) is 25.8 Å². The molecule has 1 saturated heterocycles. The molecule has 4 rings (SSSR count). The minimum Gasteiger partial charge on any atom is -0.508 e. The summed E-state index contributed by atoms with van der Waals surface area (Å²) in [6.07, 6.45) is 2.93. The van der Waals surface area contributed by atoms with Gasteiger partial charge in [0.15, 0.2) is 0 Å². The first-order chi connectivity index (χ1) is 16.5. The third-order valence-corrected chi connectivity index (χ3v) is 7.80. The van der Waals surface area contributed by atoms with Crippen LogP contribution in [-0.2, 0) is 23.0 Å². The van der Waals surface area contributed by atoms with Crippen LogP contribution in [0.2, 0.25) is 0 Å². The summed E-state index contributed by atoms with van der Waals surface area (Å²) in [5.41, 5.74) is 2.27. The van der Waals surface area contributed by atoms with Crippen LogP contribution in [0.15, 0.2) is 78.9 Å². The summed E-state index contributed by atoms with van der Waals surface area (Å²) in [6.45, 7) is 3.92. The fourth-order valence-corrected chi connectivity index (χ4v) is 5.68. The molecule has 6 nitrogen and oxygen atoms in total. The molecule has 1 aliphatic rings. The molecule has 3 aromatic rings. The molecular weight excluding hydrogens is 448 g/mol. The van der Waals surface area contributed by atoms with Crippen molar-refractivity contribution in [1.29, 1.82) is 0 Å². The molecule has 0 radical (unpaired) electrons.